The molecule has 0 spiro atoms. The Morgan fingerprint density at radius 3 is 2.68 bits per heavy atom. The summed E-state index contributed by atoms with van der Waals surface area (Å²) in [6.07, 6.45) is 3.99. The van der Waals surface area contributed by atoms with Crippen LogP contribution in [0.1, 0.15) is 17.5 Å². The van der Waals surface area contributed by atoms with Gasteiger partial charge in [-0.3, -0.25) is 4.98 Å². The predicted octanol–water partition coefficient (Wildman–Crippen LogP) is 2.81. The lowest BCUT2D eigenvalue weighted by Crippen LogP contribution is -2.35. The summed E-state index contributed by atoms with van der Waals surface area (Å²) >= 11 is 0. The highest BCUT2D eigenvalue weighted by Crippen LogP contribution is 2.11. The highest BCUT2D eigenvalue weighted by Gasteiger charge is 2.14. The number of hydrogen-bond donors (Lipinski definition) is 2. The van der Waals surface area contributed by atoms with Gasteiger partial charge in [0.1, 0.15) is 0 Å². The van der Waals surface area contributed by atoms with Gasteiger partial charge in [-0.15, -0.1) is 0 Å². The number of pyridine rings is 1. The molecule has 1 heterocycles. The first-order valence-corrected chi connectivity index (χ1v) is 7.31. The zero-order valence-corrected chi connectivity index (χ0v) is 12.7. The topological polar surface area (TPSA) is 65.5 Å². The minimum Gasteiger partial charge on any atom is -0.396 e. The van der Waals surface area contributed by atoms with Crippen molar-refractivity contribution in [1.82, 2.24) is 9.88 Å². The van der Waals surface area contributed by atoms with Crippen LogP contribution in [0.4, 0.5) is 10.5 Å². The molecule has 22 heavy (non-hydrogen) atoms. The maximum absolute atomic E-state index is 12.4. The number of anilines is 1. The SMILES string of the molecule is Cc1ccc(NC(=O)N(CCCO)Cc2cccnc2)cc1. The Labute approximate surface area is 130 Å². The predicted molar refractivity (Wildman–Crippen MR) is 86.5 cm³/mol. The van der Waals surface area contributed by atoms with Gasteiger partial charge in [-0.25, -0.2) is 4.79 Å². The average molecular weight is 299 g/mol. The van der Waals surface area contributed by atoms with Gasteiger partial charge in [-0.1, -0.05) is 23.8 Å². The van der Waals surface area contributed by atoms with E-state index in [-0.39, 0.29) is 12.6 Å². The van der Waals surface area contributed by atoms with Gasteiger partial charge in [0.15, 0.2) is 0 Å². The van der Waals surface area contributed by atoms with Crippen LogP contribution in [0.3, 0.4) is 0 Å². The van der Waals surface area contributed by atoms with E-state index in [0.717, 1.165) is 16.8 Å². The van der Waals surface area contributed by atoms with E-state index in [9.17, 15) is 4.79 Å². The van der Waals surface area contributed by atoms with Crippen molar-refractivity contribution < 1.29 is 9.90 Å². The standard InChI is InChI=1S/C17H21N3O2/c1-14-5-7-16(8-6-14)19-17(22)20(10-3-11-21)13-15-4-2-9-18-12-15/h2,4-9,12,21H,3,10-11,13H2,1H3,(H,19,22). The molecule has 0 aliphatic carbocycles. The summed E-state index contributed by atoms with van der Waals surface area (Å²) in [6, 6.07) is 11.3. The molecular formula is C17H21N3O2. The molecule has 0 unspecified atom stereocenters. The maximum atomic E-state index is 12.4. The van der Waals surface area contributed by atoms with Crippen LogP contribution in [-0.2, 0) is 6.54 Å². The molecule has 2 N–H and O–H groups in total. The molecule has 2 aromatic rings. The van der Waals surface area contributed by atoms with E-state index in [1.165, 1.54) is 0 Å². The maximum Gasteiger partial charge on any atom is 0.322 e. The molecule has 0 radical (unpaired) electrons. The van der Waals surface area contributed by atoms with Gasteiger partial charge in [0.2, 0.25) is 0 Å². The second kappa shape index (κ2) is 8.14. The van der Waals surface area contributed by atoms with Crippen LogP contribution in [0.2, 0.25) is 0 Å². The average Bonchev–Trinajstić information content (AvgIpc) is 2.54. The summed E-state index contributed by atoms with van der Waals surface area (Å²) in [5.41, 5.74) is 2.86. The lowest BCUT2D eigenvalue weighted by Gasteiger charge is -2.23. The molecule has 0 bridgehead atoms. The summed E-state index contributed by atoms with van der Waals surface area (Å²) in [5.74, 6) is 0. The van der Waals surface area contributed by atoms with E-state index in [1.807, 2.05) is 43.3 Å². The number of aryl methyl sites for hydroxylation is 1. The van der Waals surface area contributed by atoms with Crippen molar-refractivity contribution >= 4 is 11.7 Å². The summed E-state index contributed by atoms with van der Waals surface area (Å²) in [7, 11) is 0. The van der Waals surface area contributed by atoms with Crippen LogP contribution in [0.5, 0.6) is 0 Å². The number of carbonyl (C=O) groups is 1. The van der Waals surface area contributed by atoms with Gasteiger partial charge in [0.25, 0.3) is 0 Å². The molecule has 2 amide bonds. The Kier molecular flexibility index (Phi) is 5.91. The fourth-order valence-corrected chi connectivity index (χ4v) is 2.07. The summed E-state index contributed by atoms with van der Waals surface area (Å²) in [5, 5.41) is 11.9. The molecule has 0 atom stereocenters. The first kappa shape index (κ1) is 16.0. The molecule has 1 aromatic heterocycles. The molecule has 5 nitrogen and oxygen atoms in total. The zero-order chi connectivity index (χ0) is 15.8. The third-order valence-corrected chi connectivity index (χ3v) is 3.27. The first-order chi connectivity index (χ1) is 10.7. The second-order valence-corrected chi connectivity index (χ2v) is 5.16. The highest BCUT2D eigenvalue weighted by molar-refractivity contribution is 5.89. The van der Waals surface area contributed by atoms with Crippen LogP contribution in [0, 0.1) is 6.92 Å². The Bertz CT molecular complexity index is 585. The van der Waals surface area contributed by atoms with E-state index in [1.54, 1.807) is 17.3 Å². The number of aromatic nitrogens is 1. The molecule has 0 aliphatic rings. The van der Waals surface area contributed by atoms with Gasteiger partial charge >= 0.3 is 6.03 Å². The minimum atomic E-state index is -0.179. The number of aliphatic hydroxyl groups excluding tert-OH is 1. The number of nitrogens with one attached hydrogen (secondary N) is 1. The van der Waals surface area contributed by atoms with E-state index in [2.05, 4.69) is 10.3 Å². The summed E-state index contributed by atoms with van der Waals surface area (Å²) in [4.78, 5) is 18.2. The van der Waals surface area contributed by atoms with Gasteiger partial charge in [0, 0.05) is 37.8 Å². The summed E-state index contributed by atoms with van der Waals surface area (Å²) in [6.45, 7) is 3.01. The highest BCUT2D eigenvalue weighted by atomic mass is 16.3. The molecule has 0 saturated carbocycles. The van der Waals surface area contributed by atoms with Crippen molar-refractivity contribution in [3.05, 3.63) is 59.9 Å². The summed E-state index contributed by atoms with van der Waals surface area (Å²) < 4.78 is 0. The first-order valence-electron chi connectivity index (χ1n) is 7.31. The molecular weight excluding hydrogens is 278 g/mol. The van der Waals surface area contributed by atoms with Gasteiger partial charge in [0.05, 0.1) is 0 Å². The largest absolute Gasteiger partial charge is 0.396 e. The fraction of sp³-hybridized carbons (Fsp3) is 0.294. The zero-order valence-electron chi connectivity index (χ0n) is 12.7. The van der Waals surface area contributed by atoms with Crippen LogP contribution < -0.4 is 5.32 Å². The number of urea groups is 1. The quantitative estimate of drug-likeness (QED) is 0.862. The number of hydrogen-bond acceptors (Lipinski definition) is 3. The second-order valence-electron chi connectivity index (χ2n) is 5.16. The van der Waals surface area contributed by atoms with E-state index >= 15 is 0 Å². The number of benzene rings is 1. The van der Waals surface area contributed by atoms with Crippen molar-refractivity contribution in [1.29, 1.82) is 0 Å². The van der Waals surface area contributed by atoms with E-state index in [4.69, 9.17) is 5.11 Å². The van der Waals surface area contributed by atoms with Crippen molar-refractivity contribution in [2.45, 2.75) is 19.9 Å². The van der Waals surface area contributed by atoms with Crippen molar-refractivity contribution in [3.63, 3.8) is 0 Å². The van der Waals surface area contributed by atoms with Crippen molar-refractivity contribution in [2.24, 2.45) is 0 Å². The fourth-order valence-electron chi connectivity index (χ4n) is 2.07. The molecule has 0 fully saturated rings. The Morgan fingerprint density at radius 2 is 2.05 bits per heavy atom. The monoisotopic (exact) mass is 299 g/mol. The van der Waals surface area contributed by atoms with Gasteiger partial charge in [-0.05, 0) is 37.1 Å². The molecule has 0 aliphatic heterocycles. The van der Waals surface area contributed by atoms with Crippen LogP contribution >= 0.6 is 0 Å². The molecule has 2 rings (SSSR count). The molecule has 1 aromatic carbocycles. The Hall–Kier alpha value is -2.40. The third-order valence-electron chi connectivity index (χ3n) is 3.27. The smallest absolute Gasteiger partial charge is 0.322 e. The van der Waals surface area contributed by atoms with Crippen LogP contribution in [0.15, 0.2) is 48.8 Å². The number of rotatable bonds is 6. The number of carbonyl (C=O) groups excluding carboxylic acids is 1. The number of nitrogens with zero attached hydrogens (tertiary/aromatic N) is 2. The minimum absolute atomic E-state index is 0.0569. The van der Waals surface area contributed by atoms with Crippen molar-refractivity contribution in [3.8, 4) is 0 Å². The van der Waals surface area contributed by atoms with Crippen LogP contribution in [-0.4, -0.2) is 34.2 Å². The lowest BCUT2D eigenvalue weighted by atomic mass is 10.2. The normalized spacial score (nSPS) is 10.3. The number of aliphatic hydroxyl groups is 1. The van der Waals surface area contributed by atoms with Gasteiger partial charge in [-0.2, -0.15) is 0 Å². The van der Waals surface area contributed by atoms with Gasteiger partial charge < -0.3 is 15.3 Å². The van der Waals surface area contributed by atoms with Crippen molar-refractivity contribution in [2.75, 3.05) is 18.5 Å². The van der Waals surface area contributed by atoms with Crippen LogP contribution in [0.25, 0.3) is 0 Å². The lowest BCUT2D eigenvalue weighted by molar-refractivity contribution is 0.199. The molecule has 116 valence electrons. The molecule has 0 saturated heterocycles. The Balaban J connectivity index is 2.03. The number of amides is 2. The Morgan fingerprint density at radius 1 is 1.27 bits per heavy atom. The van der Waals surface area contributed by atoms with E-state index < -0.39 is 0 Å². The molecule has 5 heteroatoms. The van der Waals surface area contributed by atoms with E-state index in [0.29, 0.717) is 19.5 Å². The third kappa shape index (κ3) is 4.86.